The van der Waals surface area contributed by atoms with Crippen molar-refractivity contribution in [3.63, 3.8) is 0 Å². The Morgan fingerprint density at radius 1 is 1.28 bits per heavy atom. The Labute approximate surface area is 144 Å². The molecule has 0 aromatic carbocycles. The van der Waals surface area contributed by atoms with Gasteiger partial charge in [-0.05, 0) is 19.8 Å². The Kier molecular flexibility index (Phi) is 4.91. The van der Waals surface area contributed by atoms with Gasteiger partial charge in [0.05, 0.1) is 18.1 Å². The van der Waals surface area contributed by atoms with Crippen molar-refractivity contribution in [1.29, 1.82) is 0 Å². The summed E-state index contributed by atoms with van der Waals surface area (Å²) in [5.41, 5.74) is 1.42. The first kappa shape index (κ1) is 17.6. The molecule has 9 heteroatoms. The Hall–Kier alpha value is -2.19. The number of aliphatic imine (C=N–C) groups is 1. The summed E-state index contributed by atoms with van der Waals surface area (Å²) in [6.07, 6.45) is 0.236. The molecular formula is C16H22F3N5O. The molecule has 0 saturated heterocycles. The Bertz CT molecular complexity index is 667. The van der Waals surface area contributed by atoms with E-state index in [-0.39, 0.29) is 6.67 Å². The minimum absolute atomic E-state index is 0.0592. The summed E-state index contributed by atoms with van der Waals surface area (Å²) in [4.78, 5) is 9.44. The lowest BCUT2D eigenvalue weighted by molar-refractivity contribution is -0.140. The van der Waals surface area contributed by atoms with Crippen LogP contribution in [-0.4, -0.2) is 65.3 Å². The smallest absolute Gasteiger partial charge is 0.361 e. The third kappa shape index (κ3) is 4.46. The summed E-state index contributed by atoms with van der Waals surface area (Å²) in [6.45, 7) is 2.37. The van der Waals surface area contributed by atoms with Crippen molar-refractivity contribution in [3.05, 3.63) is 29.4 Å². The van der Waals surface area contributed by atoms with Gasteiger partial charge in [-0.2, -0.15) is 13.2 Å². The Morgan fingerprint density at radius 2 is 2.08 bits per heavy atom. The molecule has 0 saturated carbocycles. The van der Waals surface area contributed by atoms with Gasteiger partial charge in [0.1, 0.15) is 19.0 Å². The van der Waals surface area contributed by atoms with Crippen LogP contribution in [0.2, 0.25) is 0 Å². The van der Waals surface area contributed by atoms with Crippen molar-refractivity contribution >= 4 is 5.84 Å². The molecule has 0 amide bonds. The number of halogens is 3. The lowest BCUT2D eigenvalue weighted by Gasteiger charge is -2.35. The second-order valence-corrected chi connectivity index (χ2v) is 6.49. The van der Waals surface area contributed by atoms with Gasteiger partial charge in [0.2, 0.25) is 0 Å². The first-order valence-corrected chi connectivity index (χ1v) is 8.27. The van der Waals surface area contributed by atoms with Crippen LogP contribution in [0.1, 0.15) is 24.3 Å². The second kappa shape index (κ2) is 6.97. The van der Waals surface area contributed by atoms with Crippen LogP contribution in [0.15, 0.2) is 27.5 Å². The predicted octanol–water partition coefficient (Wildman–Crippen LogP) is 2.59. The zero-order chi connectivity index (χ0) is 18.0. The van der Waals surface area contributed by atoms with Gasteiger partial charge in [-0.15, -0.1) is 0 Å². The zero-order valence-corrected chi connectivity index (χ0v) is 14.4. The van der Waals surface area contributed by atoms with Gasteiger partial charge in [0, 0.05) is 32.3 Å². The van der Waals surface area contributed by atoms with Crippen LogP contribution in [0.25, 0.3) is 0 Å². The molecule has 6 nitrogen and oxygen atoms in total. The number of amidine groups is 1. The number of nitrogens with zero attached hydrogens (tertiary/aromatic N) is 5. The number of aromatic nitrogens is 1. The fraction of sp³-hybridized carbons (Fsp3) is 0.625. The van der Waals surface area contributed by atoms with Crippen LogP contribution in [0.5, 0.6) is 0 Å². The third-order valence-electron chi connectivity index (χ3n) is 4.19. The second-order valence-electron chi connectivity index (χ2n) is 6.49. The number of hydrogen-bond donors (Lipinski definition) is 0. The summed E-state index contributed by atoms with van der Waals surface area (Å²) in [6, 6.07) is 1.92. The van der Waals surface area contributed by atoms with Gasteiger partial charge in [-0.25, -0.2) is 4.99 Å². The lowest BCUT2D eigenvalue weighted by atomic mass is 10.2. The highest BCUT2D eigenvalue weighted by molar-refractivity contribution is 5.99. The normalized spacial score (nSPS) is 17.7. The minimum atomic E-state index is -4.23. The standard InChI is InChI=1S/C16H22F3N5O/c1-12-7-13(25-21-12)5-3-4-6-23-8-14-15(22(2)11-23)20-10-24(14)9-16(17,18)19/h7-8H,3-6,9-11H2,1-2H3. The monoisotopic (exact) mass is 357 g/mol. The molecule has 1 aromatic rings. The quantitative estimate of drug-likeness (QED) is 0.733. The molecule has 0 N–H and O–H groups in total. The molecule has 0 unspecified atom stereocenters. The van der Waals surface area contributed by atoms with Gasteiger partial charge < -0.3 is 19.2 Å². The van der Waals surface area contributed by atoms with E-state index >= 15 is 0 Å². The Balaban J connectivity index is 1.54. The third-order valence-corrected chi connectivity index (χ3v) is 4.19. The first-order chi connectivity index (χ1) is 11.8. The molecule has 0 radical (unpaired) electrons. The lowest BCUT2D eigenvalue weighted by Crippen LogP contribution is -2.45. The average molecular weight is 357 g/mol. The SMILES string of the molecule is Cc1cc(CCCCN2C=C3C(=NCN3CC(F)(F)F)N(C)C2)on1. The molecule has 0 aliphatic carbocycles. The number of rotatable bonds is 6. The van der Waals surface area contributed by atoms with E-state index in [1.54, 1.807) is 6.20 Å². The number of unbranched alkanes of at least 4 members (excludes halogenated alkanes) is 1. The molecule has 1 aromatic heterocycles. The molecular weight excluding hydrogens is 335 g/mol. The number of fused-ring (bicyclic) bond motifs is 1. The summed E-state index contributed by atoms with van der Waals surface area (Å²) >= 11 is 0. The van der Waals surface area contributed by atoms with Crippen molar-refractivity contribution in [3.8, 4) is 0 Å². The number of alkyl halides is 3. The van der Waals surface area contributed by atoms with E-state index < -0.39 is 12.7 Å². The fourth-order valence-electron chi connectivity index (χ4n) is 3.09. The molecule has 3 heterocycles. The van der Waals surface area contributed by atoms with E-state index in [9.17, 15) is 13.2 Å². The van der Waals surface area contributed by atoms with Gasteiger partial charge >= 0.3 is 6.18 Å². The van der Waals surface area contributed by atoms with E-state index in [2.05, 4.69) is 10.1 Å². The highest BCUT2D eigenvalue weighted by Gasteiger charge is 2.37. The fourth-order valence-corrected chi connectivity index (χ4v) is 3.09. The highest BCUT2D eigenvalue weighted by Crippen LogP contribution is 2.26. The molecule has 138 valence electrons. The molecule has 3 rings (SSSR count). The molecule has 0 bridgehead atoms. The molecule has 0 spiro atoms. The maximum Gasteiger partial charge on any atom is 0.405 e. The summed E-state index contributed by atoms with van der Waals surface area (Å²) in [7, 11) is 1.85. The van der Waals surface area contributed by atoms with E-state index in [4.69, 9.17) is 4.52 Å². The van der Waals surface area contributed by atoms with Crippen molar-refractivity contribution in [2.24, 2.45) is 4.99 Å². The molecule has 25 heavy (non-hydrogen) atoms. The zero-order valence-electron chi connectivity index (χ0n) is 14.4. The maximum atomic E-state index is 12.7. The van der Waals surface area contributed by atoms with Crippen molar-refractivity contribution in [1.82, 2.24) is 19.9 Å². The topological polar surface area (TPSA) is 48.1 Å². The van der Waals surface area contributed by atoms with E-state index in [0.29, 0.717) is 18.2 Å². The van der Waals surface area contributed by atoms with Gasteiger partial charge in [-0.3, -0.25) is 0 Å². The molecule has 2 aliphatic heterocycles. The van der Waals surface area contributed by atoms with Crippen LogP contribution < -0.4 is 0 Å². The first-order valence-electron chi connectivity index (χ1n) is 8.27. The predicted molar refractivity (Wildman–Crippen MR) is 86.7 cm³/mol. The largest absolute Gasteiger partial charge is 0.405 e. The molecule has 0 fully saturated rings. The summed E-state index contributed by atoms with van der Waals surface area (Å²) in [5.74, 6) is 1.51. The van der Waals surface area contributed by atoms with E-state index in [1.165, 1.54) is 4.90 Å². The summed E-state index contributed by atoms with van der Waals surface area (Å²) < 4.78 is 43.3. The van der Waals surface area contributed by atoms with Crippen LogP contribution >= 0.6 is 0 Å². The maximum absolute atomic E-state index is 12.7. The Morgan fingerprint density at radius 3 is 2.76 bits per heavy atom. The van der Waals surface area contributed by atoms with Gasteiger partial charge in [0.25, 0.3) is 0 Å². The molecule has 2 aliphatic rings. The van der Waals surface area contributed by atoms with Crippen LogP contribution in [-0.2, 0) is 6.42 Å². The van der Waals surface area contributed by atoms with Gasteiger partial charge in [-0.1, -0.05) is 5.16 Å². The van der Waals surface area contributed by atoms with Crippen LogP contribution in [0, 0.1) is 6.92 Å². The van der Waals surface area contributed by atoms with Gasteiger partial charge in [0.15, 0.2) is 5.84 Å². The van der Waals surface area contributed by atoms with Crippen molar-refractivity contribution in [2.75, 3.05) is 33.5 Å². The minimum Gasteiger partial charge on any atom is -0.361 e. The van der Waals surface area contributed by atoms with E-state index in [1.807, 2.05) is 29.8 Å². The van der Waals surface area contributed by atoms with Crippen molar-refractivity contribution < 1.29 is 17.7 Å². The summed E-state index contributed by atoms with van der Waals surface area (Å²) in [5, 5.41) is 3.86. The van der Waals surface area contributed by atoms with Crippen LogP contribution in [0.4, 0.5) is 13.2 Å². The number of aryl methyl sites for hydroxylation is 2. The molecule has 0 atom stereocenters. The van der Waals surface area contributed by atoms with Crippen molar-refractivity contribution in [2.45, 2.75) is 32.4 Å². The number of hydrogen-bond acceptors (Lipinski definition) is 6. The number of likely N-dealkylation sites (N-methyl/N-ethyl adjacent to an activating group) is 1. The van der Waals surface area contributed by atoms with Crippen LogP contribution in [0.3, 0.4) is 0 Å². The van der Waals surface area contributed by atoms with E-state index in [0.717, 1.165) is 37.3 Å². The highest BCUT2D eigenvalue weighted by atomic mass is 19.4. The average Bonchev–Trinajstić information content (AvgIpc) is 3.09.